The van der Waals surface area contributed by atoms with Gasteiger partial charge >= 0.3 is 0 Å². The molecule has 0 radical (unpaired) electrons. The highest BCUT2D eigenvalue weighted by Gasteiger charge is 2.30. The van der Waals surface area contributed by atoms with E-state index in [2.05, 4.69) is 15.5 Å². The molecule has 2 atom stereocenters. The molecule has 3 aromatic rings. The van der Waals surface area contributed by atoms with Crippen molar-refractivity contribution < 1.29 is 33.5 Å². The number of aromatic nitrogens is 2. The SMILES string of the molecule is CC[C@@H](Oc1ccc(C(=O)C2CC2)cc1)c1nc(-c2ccc(C(=O)NC[C@H](O)CO)c(F)c2)no1. The molecule has 4 rings (SSSR count). The van der Waals surface area contributed by atoms with Crippen molar-refractivity contribution in [1.82, 2.24) is 15.5 Å². The van der Waals surface area contributed by atoms with Crippen LogP contribution in [-0.4, -0.2) is 51.3 Å². The predicted molar refractivity (Wildman–Crippen MR) is 122 cm³/mol. The van der Waals surface area contributed by atoms with Gasteiger partial charge in [0.25, 0.3) is 11.8 Å². The highest BCUT2D eigenvalue weighted by Crippen LogP contribution is 2.33. The second kappa shape index (κ2) is 10.7. The fraction of sp³-hybridized carbons (Fsp3) is 0.360. The molecule has 0 aliphatic heterocycles. The molecule has 0 bridgehead atoms. The lowest BCUT2D eigenvalue weighted by atomic mass is 10.1. The van der Waals surface area contributed by atoms with Gasteiger partial charge in [-0.2, -0.15) is 4.98 Å². The van der Waals surface area contributed by atoms with E-state index in [1.165, 1.54) is 12.1 Å². The average molecular weight is 483 g/mol. The highest BCUT2D eigenvalue weighted by molar-refractivity contribution is 5.99. The van der Waals surface area contributed by atoms with E-state index in [1.54, 1.807) is 24.3 Å². The number of hydrogen-bond acceptors (Lipinski definition) is 8. The maximum atomic E-state index is 14.5. The van der Waals surface area contributed by atoms with Gasteiger partial charge < -0.3 is 24.8 Å². The second-order valence-corrected chi connectivity index (χ2v) is 8.37. The molecule has 2 aromatic carbocycles. The molecule has 1 aliphatic carbocycles. The van der Waals surface area contributed by atoms with Gasteiger partial charge in [0.1, 0.15) is 11.6 Å². The third kappa shape index (κ3) is 5.90. The Bertz CT molecular complexity index is 1190. The normalized spacial score (nSPS) is 14.9. The number of halogens is 1. The molecule has 0 unspecified atom stereocenters. The largest absolute Gasteiger partial charge is 0.481 e. The van der Waals surface area contributed by atoms with Crippen molar-refractivity contribution in [3.8, 4) is 17.1 Å². The molecule has 0 spiro atoms. The predicted octanol–water partition coefficient (Wildman–Crippen LogP) is 3.08. The van der Waals surface area contributed by atoms with Gasteiger partial charge in [0, 0.05) is 23.6 Å². The van der Waals surface area contributed by atoms with Crippen LogP contribution in [0.5, 0.6) is 5.75 Å². The van der Waals surface area contributed by atoms with Gasteiger partial charge in [-0.25, -0.2) is 4.39 Å². The first kappa shape index (κ1) is 24.5. The van der Waals surface area contributed by atoms with Gasteiger partial charge in [-0.05, 0) is 55.7 Å². The Morgan fingerprint density at radius 2 is 1.97 bits per heavy atom. The van der Waals surface area contributed by atoms with Crippen LogP contribution in [0.25, 0.3) is 11.4 Å². The van der Waals surface area contributed by atoms with Crippen molar-refractivity contribution in [3.05, 3.63) is 65.3 Å². The third-order valence-corrected chi connectivity index (χ3v) is 5.63. The number of nitrogens with zero attached hydrogens (tertiary/aromatic N) is 2. The summed E-state index contributed by atoms with van der Waals surface area (Å²) in [5.41, 5.74) is 0.750. The lowest BCUT2D eigenvalue weighted by Crippen LogP contribution is -2.34. The van der Waals surface area contributed by atoms with Crippen LogP contribution in [0, 0.1) is 11.7 Å². The summed E-state index contributed by atoms with van der Waals surface area (Å²) in [4.78, 5) is 28.6. The van der Waals surface area contributed by atoms with Gasteiger partial charge in [0.05, 0.1) is 18.3 Å². The molecule has 0 saturated heterocycles. The molecule has 1 fully saturated rings. The number of nitrogens with one attached hydrogen (secondary N) is 1. The summed E-state index contributed by atoms with van der Waals surface area (Å²) >= 11 is 0. The lowest BCUT2D eigenvalue weighted by molar-refractivity contribution is 0.0799. The smallest absolute Gasteiger partial charge is 0.268 e. The zero-order valence-corrected chi connectivity index (χ0v) is 19.1. The number of ether oxygens (including phenoxy) is 1. The summed E-state index contributed by atoms with van der Waals surface area (Å²) in [5.74, 6) is -0.321. The highest BCUT2D eigenvalue weighted by atomic mass is 19.1. The topological polar surface area (TPSA) is 135 Å². The molecule has 9 nitrogen and oxygen atoms in total. The van der Waals surface area contributed by atoms with E-state index >= 15 is 0 Å². The van der Waals surface area contributed by atoms with Crippen LogP contribution in [0.2, 0.25) is 0 Å². The molecule has 1 aliphatic rings. The Morgan fingerprint density at radius 1 is 1.23 bits per heavy atom. The summed E-state index contributed by atoms with van der Waals surface area (Å²) in [5, 5.41) is 24.4. The number of Topliss-reactive ketones (excluding diaryl/α,β-unsaturated/α-hetero) is 1. The molecule has 1 aromatic heterocycles. The Hall–Kier alpha value is -3.63. The van der Waals surface area contributed by atoms with Gasteiger partial charge in [-0.3, -0.25) is 9.59 Å². The fourth-order valence-corrected chi connectivity index (χ4v) is 3.44. The van der Waals surface area contributed by atoms with Crippen LogP contribution in [0.1, 0.15) is 58.9 Å². The summed E-state index contributed by atoms with van der Waals surface area (Å²) in [6.07, 6.45) is 0.744. The lowest BCUT2D eigenvalue weighted by Gasteiger charge is -2.13. The number of rotatable bonds is 11. The van der Waals surface area contributed by atoms with Crippen molar-refractivity contribution in [2.24, 2.45) is 5.92 Å². The molecule has 184 valence electrons. The number of benzene rings is 2. The molecule has 1 amide bonds. The molecule has 1 saturated carbocycles. The number of aliphatic hydroxyl groups excluding tert-OH is 2. The first-order valence-electron chi connectivity index (χ1n) is 11.4. The molecule has 3 N–H and O–H groups in total. The molecule has 35 heavy (non-hydrogen) atoms. The quantitative estimate of drug-likeness (QED) is 0.354. The summed E-state index contributed by atoms with van der Waals surface area (Å²) in [7, 11) is 0. The first-order chi connectivity index (χ1) is 16.9. The number of carbonyl (C=O) groups excluding carboxylic acids is 2. The third-order valence-electron chi connectivity index (χ3n) is 5.63. The van der Waals surface area contributed by atoms with Gasteiger partial charge in [-0.15, -0.1) is 0 Å². The van der Waals surface area contributed by atoms with E-state index in [1.807, 2.05) is 6.92 Å². The van der Waals surface area contributed by atoms with Crippen LogP contribution in [0.4, 0.5) is 4.39 Å². The monoisotopic (exact) mass is 483 g/mol. The number of hydrogen-bond donors (Lipinski definition) is 3. The van der Waals surface area contributed by atoms with E-state index in [4.69, 9.17) is 14.4 Å². The average Bonchev–Trinajstić information content (AvgIpc) is 3.61. The minimum Gasteiger partial charge on any atom is -0.481 e. The maximum absolute atomic E-state index is 14.5. The Balaban J connectivity index is 1.43. The zero-order valence-electron chi connectivity index (χ0n) is 19.1. The van der Waals surface area contributed by atoms with Crippen molar-refractivity contribution in [1.29, 1.82) is 0 Å². The van der Waals surface area contributed by atoms with Crippen molar-refractivity contribution in [2.45, 2.75) is 38.4 Å². The Morgan fingerprint density at radius 3 is 2.60 bits per heavy atom. The van der Waals surface area contributed by atoms with Crippen LogP contribution in [-0.2, 0) is 0 Å². The molecule has 1 heterocycles. The van der Waals surface area contributed by atoms with Crippen molar-refractivity contribution in [3.63, 3.8) is 0 Å². The molecular weight excluding hydrogens is 457 g/mol. The fourth-order valence-electron chi connectivity index (χ4n) is 3.44. The number of ketones is 1. The van der Waals surface area contributed by atoms with Gasteiger partial charge in [0.15, 0.2) is 11.9 Å². The van der Waals surface area contributed by atoms with E-state index < -0.39 is 30.5 Å². The number of amides is 1. The summed E-state index contributed by atoms with van der Waals surface area (Å²) in [6, 6.07) is 10.8. The second-order valence-electron chi connectivity index (χ2n) is 8.37. The molecule has 10 heteroatoms. The van der Waals surface area contributed by atoms with E-state index in [0.717, 1.165) is 18.9 Å². The minimum absolute atomic E-state index is 0.133. The maximum Gasteiger partial charge on any atom is 0.268 e. The van der Waals surface area contributed by atoms with E-state index in [-0.39, 0.29) is 35.5 Å². The van der Waals surface area contributed by atoms with Crippen LogP contribution < -0.4 is 10.1 Å². The van der Waals surface area contributed by atoms with Crippen molar-refractivity contribution >= 4 is 11.7 Å². The van der Waals surface area contributed by atoms with E-state index in [0.29, 0.717) is 23.3 Å². The summed E-state index contributed by atoms with van der Waals surface area (Å²) < 4.78 is 25.9. The Kier molecular flexibility index (Phi) is 7.52. The van der Waals surface area contributed by atoms with Crippen LogP contribution in [0.3, 0.4) is 0 Å². The molecular formula is C25H26FN3O6. The van der Waals surface area contributed by atoms with E-state index in [9.17, 15) is 19.1 Å². The minimum atomic E-state index is -1.13. The summed E-state index contributed by atoms with van der Waals surface area (Å²) in [6.45, 7) is 1.17. The van der Waals surface area contributed by atoms with Crippen LogP contribution in [0.15, 0.2) is 47.0 Å². The number of carbonyl (C=O) groups is 2. The Labute approximate surface area is 200 Å². The van der Waals surface area contributed by atoms with Gasteiger partial charge in [-0.1, -0.05) is 18.1 Å². The first-order valence-corrected chi connectivity index (χ1v) is 11.4. The van der Waals surface area contributed by atoms with Crippen molar-refractivity contribution in [2.75, 3.05) is 13.2 Å². The zero-order chi connectivity index (χ0) is 24.9. The van der Waals surface area contributed by atoms with Gasteiger partial charge in [0.2, 0.25) is 5.82 Å². The number of aliphatic hydroxyl groups is 2. The van der Waals surface area contributed by atoms with Crippen LogP contribution >= 0.6 is 0 Å². The standard InChI is InChI=1S/C25H26FN3O6/c1-2-21(34-18-8-5-15(6-9-18)22(32)14-3-4-14)25-28-23(29-35-25)16-7-10-19(20(26)11-16)24(33)27-12-17(31)13-30/h5-11,14,17,21,30-31H,2-4,12-13H2,1H3,(H,27,33)/t17-,21+/m0/s1.